The van der Waals surface area contributed by atoms with Crippen LogP contribution < -0.4 is 9.64 Å². The highest BCUT2D eigenvalue weighted by Gasteiger charge is 2.26. The van der Waals surface area contributed by atoms with Crippen LogP contribution in [0, 0.1) is 0 Å². The van der Waals surface area contributed by atoms with Crippen LogP contribution in [0.15, 0.2) is 49.3 Å². The third-order valence-electron chi connectivity index (χ3n) is 4.85. The molecule has 0 saturated carbocycles. The van der Waals surface area contributed by atoms with Crippen LogP contribution in [0.5, 0.6) is 5.88 Å². The molecule has 0 aromatic carbocycles. The molecule has 26 heavy (non-hydrogen) atoms. The number of aromatic nitrogens is 5. The van der Waals surface area contributed by atoms with Crippen molar-refractivity contribution in [3.8, 4) is 5.88 Å². The second kappa shape index (κ2) is 7.51. The average Bonchev–Trinajstić information content (AvgIpc) is 3.17. The molecule has 4 rings (SSSR count). The zero-order valence-electron chi connectivity index (χ0n) is 14.8. The number of pyridine rings is 1. The maximum absolute atomic E-state index is 5.35. The van der Waals surface area contributed by atoms with E-state index in [-0.39, 0.29) is 0 Å². The summed E-state index contributed by atoms with van der Waals surface area (Å²) in [5.41, 5.74) is 1.24. The van der Waals surface area contributed by atoms with Crippen LogP contribution in [-0.4, -0.2) is 44.7 Å². The molecule has 3 aromatic rings. The highest BCUT2D eigenvalue weighted by atomic mass is 16.5. The normalized spacial score (nSPS) is 15.2. The minimum atomic E-state index is 0.450. The molecule has 3 aromatic heterocycles. The molecule has 0 atom stereocenters. The van der Waals surface area contributed by atoms with Crippen molar-refractivity contribution in [3.63, 3.8) is 0 Å². The van der Waals surface area contributed by atoms with Crippen LogP contribution in [0.3, 0.4) is 0 Å². The van der Waals surface area contributed by atoms with Gasteiger partial charge in [-0.1, -0.05) is 0 Å². The molecule has 4 heterocycles. The minimum absolute atomic E-state index is 0.450. The lowest BCUT2D eigenvalue weighted by Gasteiger charge is -2.32. The molecule has 134 valence electrons. The molecule has 0 aliphatic carbocycles. The standard InChI is InChI=1S/C19H22N6O/c1-26-19-18(21-8-9-23-19)24-11-4-16(5-12-24)17-22-10-13-25(17)14-15-2-6-20-7-3-15/h2-3,6-10,13,16H,4-5,11-12,14H2,1H3. The van der Waals surface area contributed by atoms with Crippen molar-refractivity contribution in [2.24, 2.45) is 0 Å². The fourth-order valence-electron chi connectivity index (χ4n) is 3.53. The van der Waals surface area contributed by atoms with Gasteiger partial charge < -0.3 is 14.2 Å². The maximum Gasteiger partial charge on any atom is 0.257 e. The van der Waals surface area contributed by atoms with Gasteiger partial charge in [0.25, 0.3) is 5.88 Å². The lowest BCUT2D eigenvalue weighted by molar-refractivity contribution is 0.390. The minimum Gasteiger partial charge on any atom is -0.478 e. The molecule has 1 aliphatic heterocycles. The first-order chi connectivity index (χ1) is 12.8. The summed E-state index contributed by atoms with van der Waals surface area (Å²) in [4.78, 5) is 19.7. The Hall–Kier alpha value is -2.96. The summed E-state index contributed by atoms with van der Waals surface area (Å²) >= 11 is 0. The molecule has 0 spiro atoms. The zero-order valence-corrected chi connectivity index (χ0v) is 14.8. The predicted molar refractivity (Wildman–Crippen MR) is 98.3 cm³/mol. The number of methoxy groups -OCH3 is 1. The third kappa shape index (κ3) is 3.37. The van der Waals surface area contributed by atoms with Crippen molar-refractivity contribution in [1.29, 1.82) is 0 Å². The molecule has 1 saturated heterocycles. The Morgan fingerprint density at radius 1 is 1.00 bits per heavy atom. The molecule has 7 nitrogen and oxygen atoms in total. The van der Waals surface area contributed by atoms with Gasteiger partial charge in [-0.2, -0.15) is 0 Å². The number of ether oxygens (including phenoxy) is 1. The van der Waals surface area contributed by atoms with Gasteiger partial charge >= 0.3 is 0 Å². The SMILES string of the molecule is COc1nccnc1N1CCC(c2nccn2Cc2ccncc2)CC1. The number of hydrogen-bond donors (Lipinski definition) is 0. The molecule has 1 fully saturated rings. The zero-order chi connectivity index (χ0) is 17.8. The van der Waals surface area contributed by atoms with Crippen LogP contribution in [0.4, 0.5) is 5.82 Å². The third-order valence-corrected chi connectivity index (χ3v) is 4.85. The van der Waals surface area contributed by atoms with Crippen molar-refractivity contribution in [2.75, 3.05) is 25.1 Å². The van der Waals surface area contributed by atoms with Gasteiger partial charge in [-0.05, 0) is 30.5 Å². The number of rotatable bonds is 5. The van der Waals surface area contributed by atoms with Gasteiger partial charge in [0, 0.05) is 62.7 Å². The van der Waals surface area contributed by atoms with Crippen molar-refractivity contribution >= 4 is 5.82 Å². The molecular formula is C19H22N6O. The van der Waals surface area contributed by atoms with Crippen molar-refractivity contribution in [3.05, 3.63) is 60.7 Å². The van der Waals surface area contributed by atoms with Crippen molar-refractivity contribution in [2.45, 2.75) is 25.3 Å². The predicted octanol–water partition coefficient (Wildman–Crippen LogP) is 2.51. The molecule has 0 unspecified atom stereocenters. The molecule has 0 radical (unpaired) electrons. The topological polar surface area (TPSA) is 69.0 Å². The van der Waals surface area contributed by atoms with E-state index in [9.17, 15) is 0 Å². The summed E-state index contributed by atoms with van der Waals surface area (Å²) in [6, 6.07) is 4.10. The van der Waals surface area contributed by atoms with E-state index >= 15 is 0 Å². The van der Waals surface area contributed by atoms with E-state index < -0.39 is 0 Å². The highest BCUT2D eigenvalue weighted by molar-refractivity contribution is 5.48. The summed E-state index contributed by atoms with van der Waals surface area (Å²) in [5, 5.41) is 0. The van der Waals surface area contributed by atoms with E-state index in [0.29, 0.717) is 11.8 Å². The number of piperidine rings is 1. The van der Waals surface area contributed by atoms with E-state index in [1.165, 1.54) is 5.56 Å². The molecule has 0 amide bonds. The first-order valence-electron chi connectivity index (χ1n) is 8.85. The quantitative estimate of drug-likeness (QED) is 0.704. The van der Waals surface area contributed by atoms with E-state index in [4.69, 9.17) is 4.74 Å². The van der Waals surface area contributed by atoms with Crippen molar-refractivity contribution < 1.29 is 4.74 Å². The lowest BCUT2D eigenvalue weighted by Crippen LogP contribution is -2.34. The van der Waals surface area contributed by atoms with Crippen LogP contribution in [0.2, 0.25) is 0 Å². The van der Waals surface area contributed by atoms with E-state index in [1.54, 1.807) is 19.5 Å². The van der Waals surface area contributed by atoms with E-state index in [0.717, 1.165) is 44.1 Å². The number of anilines is 1. The summed E-state index contributed by atoms with van der Waals surface area (Å²) in [6.45, 7) is 2.67. The van der Waals surface area contributed by atoms with Gasteiger partial charge in [0.15, 0.2) is 5.82 Å². The first kappa shape index (κ1) is 16.5. The molecule has 7 heteroatoms. The Balaban J connectivity index is 1.45. The second-order valence-electron chi connectivity index (χ2n) is 6.42. The summed E-state index contributed by atoms with van der Waals surface area (Å²) in [5.74, 6) is 3.03. The smallest absolute Gasteiger partial charge is 0.257 e. The Kier molecular flexibility index (Phi) is 4.77. The first-order valence-corrected chi connectivity index (χ1v) is 8.85. The van der Waals surface area contributed by atoms with Crippen molar-refractivity contribution in [1.82, 2.24) is 24.5 Å². The van der Waals surface area contributed by atoms with Crippen LogP contribution in [-0.2, 0) is 6.54 Å². The molecule has 0 bridgehead atoms. The van der Waals surface area contributed by atoms with Gasteiger partial charge in [-0.3, -0.25) is 4.98 Å². The van der Waals surface area contributed by atoms with E-state index in [1.807, 2.05) is 30.7 Å². The maximum atomic E-state index is 5.35. The molecular weight excluding hydrogens is 328 g/mol. The summed E-state index contributed by atoms with van der Waals surface area (Å²) in [7, 11) is 1.64. The largest absolute Gasteiger partial charge is 0.478 e. The Bertz CT molecular complexity index is 842. The van der Waals surface area contributed by atoms with Gasteiger partial charge in [0.1, 0.15) is 5.82 Å². The summed E-state index contributed by atoms with van der Waals surface area (Å²) in [6.07, 6.45) is 13.1. The van der Waals surface area contributed by atoms with Gasteiger partial charge in [-0.25, -0.2) is 15.0 Å². The number of nitrogens with zero attached hydrogens (tertiary/aromatic N) is 6. The Labute approximate surface area is 152 Å². The van der Waals surface area contributed by atoms with Gasteiger partial charge in [0.05, 0.1) is 7.11 Å². The summed E-state index contributed by atoms with van der Waals surface area (Å²) < 4.78 is 7.59. The molecule has 1 aliphatic rings. The fourth-order valence-corrected chi connectivity index (χ4v) is 3.53. The van der Waals surface area contributed by atoms with Gasteiger partial charge in [0.2, 0.25) is 0 Å². The Morgan fingerprint density at radius 2 is 1.77 bits per heavy atom. The fraction of sp³-hybridized carbons (Fsp3) is 0.368. The lowest BCUT2D eigenvalue weighted by atomic mass is 9.96. The monoisotopic (exact) mass is 350 g/mol. The van der Waals surface area contributed by atoms with Crippen LogP contribution in [0.25, 0.3) is 0 Å². The van der Waals surface area contributed by atoms with Gasteiger partial charge in [-0.15, -0.1) is 0 Å². The average molecular weight is 350 g/mol. The highest BCUT2D eigenvalue weighted by Crippen LogP contribution is 2.31. The second-order valence-corrected chi connectivity index (χ2v) is 6.42. The number of hydrogen-bond acceptors (Lipinski definition) is 6. The molecule has 0 N–H and O–H groups in total. The van der Waals surface area contributed by atoms with E-state index in [2.05, 4.69) is 35.6 Å². The van der Waals surface area contributed by atoms with Crippen LogP contribution >= 0.6 is 0 Å². The number of imidazole rings is 1. The van der Waals surface area contributed by atoms with Crippen LogP contribution in [0.1, 0.15) is 30.1 Å². The Morgan fingerprint density at radius 3 is 2.54 bits per heavy atom.